The molecule has 0 heterocycles. The van der Waals surface area contributed by atoms with E-state index in [1.54, 1.807) is 7.11 Å². The molecule has 0 radical (unpaired) electrons. The predicted molar refractivity (Wildman–Crippen MR) is 78.1 cm³/mol. The minimum absolute atomic E-state index is 0.315. The zero-order valence-corrected chi connectivity index (χ0v) is 12.9. The first kappa shape index (κ1) is 15.0. The fourth-order valence-electron chi connectivity index (χ4n) is 4.82. The lowest BCUT2D eigenvalue weighted by molar-refractivity contribution is -0.130. The third-order valence-corrected chi connectivity index (χ3v) is 5.88. The molecule has 4 atom stereocenters. The van der Waals surface area contributed by atoms with Gasteiger partial charge < -0.3 is 4.74 Å². The first-order valence-electron chi connectivity index (χ1n) is 8.11. The minimum Gasteiger partial charge on any atom is -0.385 e. The van der Waals surface area contributed by atoms with Crippen LogP contribution >= 0.6 is 0 Å². The molecule has 110 valence electrons. The van der Waals surface area contributed by atoms with Gasteiger partial charge in [0, 0.05) is 26.1 Å². The van der Waals surface area contributed by atoms with E-state index in [9.17, 15) is 4.79 Å². The van der Waals surface area contributed by atoms with E-state index in [1.807, 2.05) is 0 Å². The summed E-state index contributed by atoms with van der Waals surface area (Å²) in [6.07, 6.45) is 9.41. The van der Waals surface area contributed by atoms with Crippen molar-refractivity contribution in [2.75, 3.05) is 13.7 Å². The van der Waals surface area contributed by atoms with Gasteiger partial charge >= 0.3 is 0 Å². The number of ether oxygens (including phenoxy) is 1. The van der Waals surface area contributed by atoms with Crippen molar-refractivity contribution in [3.8, 4) is 0 Å². The second kappa shape index (κ2) is 6.39. The van der Waals surface area contributed by atoms with Gasteiger partial charge in [-0.3, -0.25) is 4.79 Å². The number of carbonyl (C=O) groups excluding carboxylic acids is 1. The first-order chi connectivity index (χ1) is 9.09. The summed E-state index contributed by atoms with van der Waals surface area (Å²) in [5.74, 6) is 2.47. The summed E-state index contributed by atoms with van der Waals surface area (Å²) >= 11 is 0. The van der Waals surface area contributed by atoms with Crippen molar-refractivity contribution >= 4 is 5.78 Å². The van der Waals surface area contributed by atoms with Gasteiger partial charge in [0.2, 0.25) is 0 Å². The van der Waals surface area contributed by atoms with Gasteiger partial charge in [-0.1, -0.05) is 26.7 Å². The van der Waals surface area contributed by atoms with Crippen LogP contribution in [0, 0.1) is 23.2 Å². The van der Waals surface area contributed by atoms with Crippen molar-refractivity contribution < 1.29 is 9.53 Å². The number of unbranched alkanes of at least 4 members (excludes halogenated alkanes) is 1. The molecular weight excluding hydrogens is 236 g/mol. The normalized spacial score (nSPS) is 36.3. The number of carbonyl (C=O) groups is 1. The molecule has 0 aromatic heterocycles. The fourth-order valence-corrected chi connectivity index (χ4v) is 4.82. The van der Waals surface area contributed by atoms with Gasteiger partial charge in [0.05, 0.1) is 0 Å². The van der Waals surface area contributed by atoms with Crippen LogP contribution in [-0.4, -0.2) is 19.5 Å². The lowest BCUT2D eigenvalue weighted by Crippen LogP contribution is -2.39. The number of hydrogen-bond donors (Lipinski definition) is 0. The molecule has 0 aromatic carbocycles. The maximum Gasteiger partial charge on any atom is 0.136 e. The Morgan fingerprint density at radius 3 is 2.89 bits per heavy atom. The minimum atomic E-state index is 0.315. The average molecular weight is 266 g/mol. The van der Waals surface area contributed by atoms with Crippen LogP contribution in [0.3, 0.4) is 0 Å². The van der Waals surface area contributed by atoms with E-state index >= 15 is 0 Å². The van der Waals surface area contributed by atoms with E-state index in [-0.39, 0.29) is 0 Å². The van der Waals surface area contributed by atoms with Gasteiger partial charge in [0.1, 0.15) is 5.78 Å². The molecule has 2 nitrogen and oxygen atoms in total. The average Bonchev–Trinajstić information content (AvgIpc) is 2.73. The topological polar surface area (TPSA) is 26.3 Å². The van der Waals surface area contributed by atoms with Gasteiger partial charge in [-0.25, -0.2) is 0 Å². The molecule has 2 heteroatoms. The number of methoxy groups -OCH3 is 1. The van der Waals surface area contributed by atoms with Gasteiger partial charge in [-0.2, -0.15) is 0 Å². The van der Waals surface area contributed by atoms with Crippen LogP contribution in [0.5, 0.6) is 0 Å². The molecule has 2 rings (SSSR count). The van der Waals surface area contributed by atoms with Crippen molar-refractivity contribution in [3.63, 3.8) is 0 Å². The monoisotopic (exact) mass is 266 g/mol. The van der Waals surface area contributed by atoms with Gasteiger partial charge in [-0.15, -0.1) is 0 Å². The highest BCUT2D eigenvalue weighted by Gasteiger charge is 2.52. The molecular formula is C17H30O2. The number of fused-ring (bicyclic) bond motifs is 1. The predicted octanol–water partition coefficient (Wildman–Crippen LogP) is 4.22. The van der Waals surface area contributed by atoms with Crippen LogP contribution in [0.15, 0.2) is 0 Å². The van der Waals surface area contributed by atoms with Crippen molar-refractivity contribution in [3.05, 3.63) is 0 Å². The number of ketones is 1. The summed E-state index contributed by atoms with van der Waals surface area (Å²) in [4.78, 5) is 12.1. The number of rotatable bonds is 6. The van der Waals surface area contributed by atoms with E-state index in [4.69, 9.17) is 4.74 Å². The van der Waals surface area contributed by atoms with Crippen molar-refractivity contribution in [2.24, 2.45) is 23.2 Å². The smallest absolute Gasteiger partial charge is 0.136 e. The Balaban J connectivity index is 1.91. The summed E-state index contributed by atoms with van der Waals surface area (Å²) in [5.41, 5.74) is 0.315. The molecule has 0 bridgehead atoms. The lowest BCUT2D eigenvalue weighted by Gasteiger charge is -2.42. The number of Topliss-reactive ketones (excluding diaryl/α,β-unsaturated/α-hetero) is 1. The highest BCUT2D eigenvalue weighted by Crippen LogP contribution is 2.57. The maximum atomic E-state index is 12.1. The Morgan fingerprint density at radius 2 is 2.16 bits per heavy atom. The van der Waals surface area contributed by atoms with Gasteiger partial charge in [0.25, 0.3) is 0 Å². The summed E-state index contributed by atoms with van der Waals surface area (Å²) < 4.78 is 5.12. The van der Waals surface area contributed by atoms with Crippen molar-refractivity contribution in [1.29, 1.82) is 0 Å². The SMILES string of the molecule is COCCCC[C@H](C)[C@H]1CC[C@H]2C(=O)CCC[C@]12C. The molecule has 2 fully saturated rings. The van der Waals surface area contributed by atoms with Crippen molar-refractivity contribution in [2.45, 2.75) is 65.2 Å². The number of hydrogen-bond acceptors (Lipinski definition) is 2. The summed E-state index contributed by atoms with van der Waals surface area (Å²) in [6.45, 7) is 5.69. The van der Waals surface area contributed by atoms with Gasteiger partial charge in [0.15, 0.2) is 0 Å². The lowest BCUT2D eigenvalue weighted by atomic mass is 9.62. The molecule has 19 heavy (non-hydrogen) atoms. The fraction of sp³-hybridized carbons (Fsp3) is 0.941. The molecule has 0 aliphatic heterocycles. The van der Waals surface area contributed by atoms with Crippen LogP contribution in [0.2, 0.25) is 0 Å². The second-order valence-electron chi connectivity index (χ2n) is 7.03. The Hall–Kier alpha value is -0.370. The van der Waals surface area contributed by atoms with Gasteiger partial charge in [-0.05, 0) is 49.4 Å². The van der Waals surface area contributed by atoms with E-state index in [2.05, 4.69) is 13.8 Å². The second-order valence-corrected chi connectivity index (χ2v) is 7.03. The zero-order chi connectivity index (χ0) is 13.9. The molecule has 0 N–H and O–H groups in total. The van der Waals surface area contributed by atoms with E-state index in [0.717, 1.165) is 37.7 Å². The Labute approximate surface area is 118 Å². The van der Waals surface area contributed by atoms with Crippen LogP contribution in [0.25, 0.3) is 0 Å². The molecule has 0 unspecified atom stereocenters. The molecule has 0 amide bonds. The molecule has 2 saturated carbocycles. The Morgan fingerprint density at radius 1 is 1.37 bits per heavy atom. The highest BCUT2D eigenvalue weighted by atomic mass is 16.5. The molecule has 0 saturated heterocycles. The standard InChI is InChI=1S/C17H30O2/c1-13(7-4-5-12-19-3)14-9-10-15-16(18)8-6-11-17(14,15)2/h13-15H,4-12H2,1-3H3/t13-,14+,15-,17+/m0/s1. The molecule has 2 aliphatic rings. The Kier molecular flexibility index (Phi) is 5.05. The Bertz CT molecular complexity index is 312. The molecule has 0 aromatic rings. The van der Waals surface area contributed by atoms with Crippen LogP contribution in [0.1, 0.15) is 65.2 Å². The third-order valence-electron chi connectivity index (χ3n) is 5.88. The maximum absolute atomic E-state index is 12.1. The third kappa shape index (κ3) is 3.04. The van der Waals surface area contributed by atoms with Crippen molar-refractivity contribution in [1.82, 2.24) is 0 Å². The molecule has 2 aliphatic carbocycles. The quantitative estimate of drug-likeness (QED) is 0.673. The highest BCUT2D eigenvalue weighted by molar-refractivity contribution is 5.83. The van der Waals surface area contributed by atoms with E-state index in [0.29, 0.717) is 17.1 Å². The van der Waals surface area contributed by atoms with E-state index < -0.39 is 0 Å². The summed E-state index contributed by atoms with van der Waals surface area (Å²) in [7, 11) is 1.78. The summed E-state index contributed by atoms with van der Waals surface area (Å²) in [5, 5.41) is 0. The largest absolute Gasteiger partial charge is 0.385 e. The zero-order valence-electron chi connectivity index (χ0n) is 12.9. The van der Waals surface area contributed by atoms with Crippen LogP contribution in [0.4, 0.5) is 0 Å². The molecule has 0 spiro atoms. The first-order valence-corrected chi connectivity index (χ1v) is 8.11. The van der Waals surface area contributed by atoms with Crippen LogP contribution < -0.4 is 0 Å². The summed E-state index contributed by atoms with van der Waals surface area (Å²) in [6, 6.07) is 0. The van der Waals surface area contributed by atoms with E-state index in [1.165, 1.54) is 32.1 Å². The van der Waals surface area contributed by atoms with Crippen LogP contribution in [-0.2, 0) is 9.53 Å².